The third kappa shape index (κ3) is 2.66. The van der Waals surface area contributed by atoms with Crippen molar-refractivity contribution < 1.29 is 44.1 Å². The van der Waals surface area contributed by atoms with Gasteiger partial charge >= 0.3 is 21.6 Å². The molecule has 2 aliphatic carbocycles. The number of ether oxygens (including phenoxy) is 1. The van der Waals surface area contributed by atoms with Gasteiger partial charge in [-0.2, -0.15) is 21.6 Å². The molecule has 0 bridgehead atoms. The summed E-state index contributed by atoms with van der Waals surface area (Å²) >= 11 is 0. The van der Waals surface area contributed by atoms with E-state index in [-0.39, 0.29) is 6.42 Å². The van der Waals surface area contributed by atoms with Crippen molar-refractivity contribution in [3.8, 4) is 0 Å². The first-order valence-corrected chi connectivity index (χ1v) is 7.51. The Balaban J connectivity index is 2.42. The summed E-state index contributed by atoms with van der Waals surface area (Å²) < 4.78 is 95.0. The second-order valence-corrected chi connectivity index (χ2v) is 6.57. The van der Waals surface area contributed by atoms with Gasteiger partial charge in [-0.1, -0.05) is 0 Å². The summed E-state index contributed by atoms with van der Waals surface area (Å²) in [5.41, 5.74) is -6.31. The number of carbonyl (C=O) groups excluding carboxylic acids is 1. The Morgan fingerprint density at radius 1 is 1.32 bits per heavy atom. The molecule has 0 heterocycles. The van der Waals surface area contributed by atoms with Crippen molar-refractivity contribution >= 4 is 16.1 Å². The van der Waals surface area contributed by atoms with Gasteiger partial charge in [-0.05, 0) is 12.8 Å². The van der Waals surface area contributed by atoms with Crippen LogP contribution in [0.3, 0.4) is 0 Å². The molecule has 1 saturated carbocycles. The molecule has 22 heavy (non-hydrogen) atoms. The largest absolute Gasteiger partial charge is 0.534 e. The third-order valence-corrected chi connectivity index (χ3v) is 4.76. The van der Waals surface area contributed by atoms with E-state index in [0.29, 0.717) is 0 Å². The molecule has 5 nitrogen and oxygen atoms in total. The molecule has 2 rings (SSSR count). The van der Waals surface area contributed by atoms with Crippen LogP contribution in [0.1, 0.15) is 19.3 Å². The van der Waals surface area contributed by atoms with E-state index in [0.717, 1.165) is 7.11 Å². The lowest BCUT2D eigenvalue weighted by molar-refractivity contribution is -0.136. The highest BCUT2D eigenvalue weighted by Gasteiger charge is 2.59. The van der Waals surface area contributed by atoms with Crippen LogP contribution in [0.5, 0.6) is 0 Å². The molecular weight excluding hydrogens is 339 g/mol. The Hall–Kier alpha value is -1.39. The fourth-order valence-corrected chi connectivity index (χ4v) is 3.32. The Morgan fingerprint density at radius 2 is 1.91 bits per heavy atom. The number of alkyl halides is 5. The number of hydrogen-bond acceptors (Lipinski definition) is 5. The molecule has 0 aliphatic heterocycles. The van der Waals surface area contributed by atoms with E-state index in [1.54, 1.807) is 0 Å². The molecule has 0 spiro atoms. The van der Waals surface area contributed by atoms with Gasteiger partial charge in [0.2, 0.25) is 0 Å². The zero-order valence-electron chi connectivity index (χ0n) is 11.1. The lowest BCUT2D eigenvalue weighted by Gasteiger charge is -2.18. The fraction of sp³-hybridized carbons (Fsp3) is 0.727. The molecule has 0 N–H and O–H groups in total. The predicted octanol–water partition coefficient (Wildman–Crippen LogP) is 2.34. The smallest absolute Gasteiger partial charge is 0.466 e. The highest BCUT2D eigenvalue weighted by Crippen LogP contribution is 2.55. The summed E-state index contributed by atoms with van der Waals surface area (Å²) in [6, 6.07) is 0. The average Bonchev–Trinajstić information content (AvgIpc) is 2.86. The van der Waals surface area contributed by atoms with E-state index in [1.807, 2.05) is 0 Å². The number of halogens is 5. The minimum atomic E-state index is -6.04. The number of carbonyl (C=O) groups is 1. The fourth-order valence-electron chi connectivity index (χ4n) is 2.76. The molecular formula is C11H11F5O5S. The molecule has 2 atom stereocenters. The van der Waals surface area contributed by atoms with E-state index >= 15 is 0 Å². The average molecular weight is 350 g/mol. The van der Waals surface area contributed by atoms with E-state index in [2.05, 4.69) is 8.92 Å². The van der Waals surface area contributed by atoms with Gasteiger partial charge in [-0.15, -0.1) is 0 Å². The van der Waals surface area contributed by atoms with Crippen LogP contribution in [-0.2, 0) is 23.8 Å². The predicted molar refractivity (Wildman–Crippen MR) is 60.9 cm³/mol. The summed E-state index contributed by atoms with van der Waals surface area (Å²) in [6.07, 6.45) is -1.48. The minimum Gasteiger partial charge on any atom is -0.466 e. The van der Waals surface area contributed by atoms with Crippen LogP contribution >= 0.6 is 0 Å². The first-order chi connectivity index (χ1) is 9.90. The number of fused-ring (bicyclic) bond motifs is 1. The van der Waals surface area contributed by atoms with Crippen LogP contribution in [0.2, 0.25) is 0 Å². The van der Waals surface area contributed by atoms with Gasteiger partial charge < -0.3 is 8.92 Å². The standard InChI is InChI=1S/C11H11F5O5S/c1-20-9(17)6-4-7-5(2-3-10(7,12)13)8(6)21-22(18,19)11(14,15)16/h5,7H,2-4H2,1H3/t5-,7-/m1/s1. The minimum absolute atomic E-state index is 0.277. The van der Waals surface area contributed by atoms with Gasteiger partial charge in [-0.3, -0.25) is 0 Å². The lowest BCUT2D eigenvalue weighted by atomic mass is 9.96. The van der Waals surface area contributed by atoms with Crippen molar-refractivity contribution in [3.05, 3.63) is 11.3 Å². The Kier molecular flexibility index (Phi) is 3.91. The molecule has 0 radical (unpaired) electrons. The van der Waals surface area contributed by atoms with Gasteiger partial charge in [0, 0.05) is 18.3 Å². The topological polar surface area (TPSA) is 69.7 Å². The molecule has 1 fully saturated rings. The van der Waals surface area contributed by atoms with E-state index in [9.17, 15) is 35.2 Å². The first-order valence-electron chi connectivity index (χ1n) is 6.10. The van der Waals surface area contributed by atoms with E-state index in [4.69, 9.17) is 0 Å². The third-order valence-electron chi connectivity index (χ3n) is 3.79. The molecule has 11 heteroatoms. The lowest BCUT2D eigenvalue weighted by Crippen LogP contribution is -2.27. The maximum atomic E-state index is 13.7. The van der Waals surface area contributed by atoms with Crippen molar-refractivity contribution in [2.24, 2.45) is 11.8 Å². The van der Waals surface area contributed by atoms with Crippen LogP contribution in [0, 0.1) is 11.8 Å². The van der Waals surface area contributed by atoms with Crippen LogP contribution in [0.4, 0.5) is 22.0 Å². The SMILES string of the molecule is COC(=O)C1=C(OS(=O)(=O)C(F)(F)F)[C@@H]2CCC(F)(F)[C@@H]2C1. The van der Waals surface area contributed by atoms with Crippen LogP contribution in [0.15, 0.2) is 11.3 Å². The van der Waals surface area contributed by atoms with E-state index < -0.39 is 63.5 Å². The van der Waals surface area contributed by atoms with Crippen molar-refractivity contribution in [1.29, 1.82) is 0 Å². The summed E-state index contributed by atoms with van der Waals surface area (Å²) in [4.78, 5) is 11.5. The zero-order chi connectivity index (χ0) is 16.9. The Labute approximate surface area is 122 Å². The van der Waals surface area contributed by atoms with Crippen LogP contribution in [-0.4, -0.2) is 32.9 Å². The van der Waals surface area contributed by atoms with Gasteiger partial charge in [-0.25, -0.2) is 13.6 Å². The maximum Gasteiger partial charge on any atom is 0.534 e. The Bertz CT molecular complexity index is 621. The van der Waals surface area contributed by atoms with Crippen molar-refractivity contribution in [2.75, 3.05) is 7.11 Å². The van der Waals surface area contributed by atoms with Crippen LogP contribution < -0.4 is 0 Å². The molecule has 0 unspecified atom stereocenters. The zero-order valence-corrected chi connectivity index (χ0v) is 11.9. The highest BCUT2D eigenvalue weighted by atomic mass is 32.2. The number of methoxy groups -OCH3 is 1. The molecule has 0 aromatic carbocycles. The van der Waals surface area contributed by atoms with E-state index in [1.165, 1.54) is 0 Å². The second kappa shape index (κ2) is 5.07. The number of rotatable bonds is 3. The second-order valence-electron chi connectivity index (χ2n) is 5.03. The van der Waals surface area contributed by atoms with Gasteiger partial charge in [0.25, 0.3) is 5.92 Å². The first kappa shape index (κ1) is 17.0. The summed E-state index contributed by atoms with van der Waals surface area (Å²) in [7, 11) is -5.14. The highest BCUT2D eigenvalue weighted by molar-refractivity contribution is 7.87. The van der Waals surface area contributed by atoms with Crippen molar-refractivity contribution in [3.63, 3.8) is 0 Å². The summed E-state index contributed by atoms with van der Waals surface area (Å²) in [5.74, 6) is -8.01. The normalized spacial score (nSPS) is 27.7. The number of hydrogen-bond donors (Lipinski definition) is 0. The molecule has 126 valence electrons. The van der Waals surface area contributed by atoms with Crippen LogP contribution in [0.25, 0.3) is 0 Å². The molecule has 2 aliphatic rings. The number of allylic oxidation sites excluding steroid dienone is 1. The maximum absolute atomic E-state index is 13.7. The number of esters is 1. The quantitative estimate of drug-likeness (QED) is 0.338. The monoisotopic (exact) mass is 350 g/mol. The molecule has 0 aromatic heterocycles. The molecule has 0 aromatic rings. The van der Waals surface area contributed by atoms with Crippen molar-refractivity contribution in [2.45, 2.75) is 30.7 Å². The Morgan fingerprint density at radius 3 is 2.41 bits per heavy atom. The summed E-state index contributed by atoms with van der Waals surface area (Å²) in [5, 5.41) is 0. The van der Waals surface area contributed by atoms with Gasteiger partial charge in [0.15, 0.2) is 0 Å². The molecule has 0 saturated heterocycles. The van der Waals surface area contributed by atoms with Crippen molar-refractivity contribution in [1.82, 2.24) is 0 Å². The molecule has 0 amide bonds. The van der Waals surface area contributed by atoms with Gasteiger partial charge in [0.1, 0.15) is 5.76 Å². The van der Waals surface area contributed by atoms with Gasteiger partial charge in [0.05, 0.1) is 12.7 Å². The summed E-state index contributed by atoms with van der Waals surface area (Å²) in [6.45, 7) is 0.